The Labute approximate surface area is 161 Å². The molecular formula is C20H22F2N4O2. The molecule has 28 heavy (non-hydrogen) atoms. The van der Waals surface area contributed by atoms with Crippen molar-refractivity contribution in [1.82, 2.24) is 15.1 Å². The van der Waals surface area contributed by atoms with Crippen LogP contribution in [0.1, 0.15) is 17.5 Å². The number of alkyl halides is 2. The van der Waals surface area contributed by atoms with Crippen LogP contribution in [-0.4, -0.2) is 52.9 Å². The fourth-order valence-corrected chi connectivity index (χ4v) is 3.84. The highest BCUT2D eigenvalue weighted by molar-refractivity contribution is 5.68. The molecule has 0 saturated carbocycles. The second-order valence-electron chi connectivity index (χ2n) is 7.34. The van der Waals surface area contributed by atoms with Crippen LogP contribution >= 0.6 is 0 Å². The summed E-state index contributed by atoms with van der Waals surface area (Å²) in [5.74, 6) is -3.42. The first-order valence-corrected chi connectivity index (χ1v) is 9.43. The number of carbonyl (C=O) groups excluding carboxylic acids is 1. The van der Waals surface area contributed by atoms with E-state index in [1.807, 2.05) is 24.3 Å². The van der Waals surface area contributed by atoms with Gasteiger partial charge in [-0.3, -0.25) is 0 Å². The third kappa shape index (κ3) is 4.05. The van der Waals surface area contributed by atoms with Crippen LogP contribution < -0.4 is 5.32 Å². The Bertz CT molecular complexity index is 809. The van der Waals surface area contributed by atoms with Gasteiger partial charge in [-0.2, -0.15) is 5.10 Å². The van der Waals surface area contributed by atoms with E-state index < -0.39 is 24.5 Å². The van der Waals surface area contributed by atoms with E-state index in [0.29, 0.717) is 18.7 Å². The van der Waals surface area contributed by atoms with Gasteiger partial charge in [0.2, 0.25) is 0 Å². The summed E-state index contributed by atoms with van der Waals surface area (Å²) in [6.45, 7) is -0.300. The zero-order chi connectivity index (χ0) is 19.6. The molecule has 0 bridgehead atoms. The molecule has 1 amide bonds. The van der Waals surface area contributed by atoms with Crippen LogP contribution in [0.4, 0.5) is 19.4 Å². The maximum atomic E-state index is 14.6. The SMILES string of the molecule is O=C(OC1Cc2ccccc2C1)N1CCC(CNc2cccnn2)C(F)(F)C1. The summed E-state index contributed by atoms with van der Waals surface area (Å²) in [4.78, 5) is 13.5. The third-order valence-corrected chi connectivity index (χ3v) is 5.39. The molecule has 1 atom stereocenters. The maximum Gasteiger partial charge on any atom is 0.410 e. The number of amides is 1. The fourth-order valence-electron chi connectivity index (χ4n) is 3.84. The van der Waals surface area contributed by atoms with Gasteiger partial charge >= 0.3 is 6.09 Å². The molecule has 1 saturated heterocycles. The first kappa shape index (κ1) is 18.6. The highest BCUT2D eigenvalue weighted by Gasteiger charge is 2.46. The number of hydrogen-bond donors (Lipinski definition) is 1. The van der Waals surface area contributed by atoms with E-state index in [9.17, 15) is 13.6 Å². The largest absolute Gasteiger partial charge is 0.445 e. The van der Waals surface area contributed by atoms with Gasteiger partial charge in [0.25, 0.3) is 5.92 Å². The number of rotatable bonds is 4. The first-order valence-electron chi connectivity index (χ1n) is 9.43. The number of benzene rings is 1. The number of fused-ring (bicyclic) bond motifs is 1. The molecule has 4 rings (SSSR count). The third-order valence-electron chi connectivity index (χ3n) is 5.39. The molecular weight excluding hydrogens is 366 g/mol. The van der Waals surface area contributed by atoms with Crippen molar-refractivity contribution in [3.05, 3.63) is 53.7 Å². The van der Waals surface area contributed by atoms with Crippen molar-refractivity contribution in [3.8, 4) is 0 Å². The minimum Gasteiger partial charge on any atom is -0.445 e. The molecule has 1 aromatic heterocycles. The molecule has 2 aromatic rings. The van der Waals surface area contributed by atoms with Crippen LogP contribution in [0.3, 0.4) is 0 Å². The predicted octanol–water partition coefficient (Wildman–Crippen LogP) is 3.15. The molecule has 1 aromatic carbocycles. The van der Waals surface area contributed by atoms with Crippen LogP contribution in [0, 0.1) is 5.92 Å². The first-order chi connectivity index (χ1) is 13.5. The molecule has 148 valence electrons. The Morgan fingerprint density at radius 2 is 1.96 bits per heavy atom. The van der Waals surface area contributed by atoms with Crippen LogP contribution in [0.25, 0.3) is 0 Å². The minimum absolute atomic E-state index is 0.0759. The molecule has 1 fully saturated rings. The summed E-state index contributed by atoms with van der Waals surface area (Å²) in [5.41, 5.74) is 2.30. The average molecular weight is 388 g/mol. The van der Waals surface area contributed by atoms with E-state index in [2.05, 4.69) is 15.5 Å². The molecule has 8 heteroatoms. The van der Waals surface area contributed by atoms with Gasteiger partial charge < -0.3 is 15.0 Å². The Balaban J connectivity index is 1.30. The molecule has 1 unspecified atom stereocenters. The van der Waals surface area contributed by atoms with Gasteiger partial charge in [-0.15, -0.1) is 5.10 Å². The second-order valence-corrected chi connectivity index (χ2v) is 7.34. The predicted molar refractivity (Wildman–Crippen MR) is 99.3 cm³/mol. The highest BCUT2D eigenvalue weighted by Crippen LogP contribution is 2.34. The molecule has 1 N–H and O–H groups in total. The lowest BCUT2D eigenvalue weighted by atomic mass is 9.93. The Morgan fingerprint density at radius 3 is 2.61 bits per heavy atom. The number of nitrogens with zero attached hydrogens (tertiary/aromatic N) is 3. The molecule has 2 heterocycles. The number of likely N-dealkylation sites (tertiary alicyclic amines) is 1. The number of carbonyl (C=O) groups is 1. The maximum absolute atomic E-state index is 14.6. The Morgan fingerprint density at radius 1 is 1.21 bits per heavy atom. The lowest BCUT2D eigenvalue weighted by Crippen LogP contribution is -2.53. The number of nitrogens with one attached hydrogen (secondary N) is 1. The van der Waals surface area contributed by atoms with Crippen molar-refractivity contribution < 1.29 is 18.3 Å². The number of aromatic nitrogens is 2. The summed E-state index contributed by atoms with van der Waals surface area (Å²) in [7, 11) is 0. The summed E-state index contributed by atoms with van der Waals surface area (Å²) < 4.78 is 34.7. The van der Waals surface area contributed by atoms with Crippen molar-refractivity contribution in [1.29, 1.82) is 0 Å². The number of piperidine rings is 1. The number of anilines is 1. The summed E-state index contributed by atoms with van der Waals surface area (Å²) >= 11 is 0. The monoisotopic (exact) mass is 388 g/mol. The van der Waals surface area contributed by atoms with E-state index in [1.165, 1.54) is 6.20 Å². The minimum atomic E-state index is -2.99. The highest BCUT2D eigenvalue weighted by atomic mass is 19.3. The molecule has 0 spiro atoms. The van der Waals surface area contributed by atoms with Crippen molar-refractivity contribution in [3.63, 3.8) is 0 Å². The topological polar surface area (TPSA) is 67.3 Å². The van der Waals surface area contributed by atoms with Crippen LogP contribution in [0.2, 0.25) is 0 Å². The van der Waals surface area contributed by atoms with E-state index in [1.54, 1.807) is 12.1 Å². The van der Waals surface area contributed by atoms with Gasteiger partial charge in [-0.25, -0.2) is 13.6 Å². The lowest BCUT2D eigenvalue weighted by molar-refractivity contribution is -0.103. The fraction of sp³-hybridized carbons (Fsp3) is 0.450. The number of hydrogen-bond acceptors (Lipinski definition) is 5. The number of halogens is 2. The van der Waals surface area contributed by atoms with Crippen molar-refractivity contribution >= 4 is 11.9 Å². The summed E-state index contributed by atoms with van der Waals surface area (Å²) in [5, 5.41) is 10.4. The van der Waals surface area contributed by atoms with Crippen molar-refractivity contribution in [2.75, 3.05) is 25.0 Å². The van der Waals surface area contributed by atoms with Crippen molar-refractivity contribution in [2.24, 2.45) is 5.92 Å². The van der Waals surface area contributed by atoms with Crippen LogP contribution in [0.15, 0.2) is 42.6 Å². The average Bonchev–Trinajstić information content (AvgIpc) is 3.09. The zero-order valence-corrected chi connectivity index (χ0v) is 15.4. The van der Waals surface area contributed by atoms with Gasteiger partial charge in [-0.05, 0) is 29.7 Å². The summed E-state index contributed by atoms with van der Waals surface area (Å²) in [6, 6.07) is 11.3. The van der Waals surface area contributed by atoms with E-state index in [0.717, 1.165) is 16.0 Å². The molecule has 6 nitrogen and oxygen atoms in total. The normalized spacial score (nSPS) is 21.2. The zero-order valence-electron chi connectivity index (χ0n) is 15.4. The Kier molecular flexibility index (Phi) is 5.11. The molecule has 0 radical (unpaired) electrons. The van der Waals surface area contributed by atoms with E-state index in [4.69, 9.17) is 4.74 Å². The molecule has 1 aliphatic carbocycles. The van der Waals surface area contributed by atoms with Crippen LogP contribution in [-0.2, 0) is 17.6 Å². The summed E-state index contributed by atoms with van der Waals surface area (Å²) in [6.07, 6.45) is 2.05. The van der Waals surface area contributed by atoms with Gasteiger partial charge in [0.15, 0.2) is 0 Å². The van der Waals surface area contributed by atoms with Crippen molar-refractivity contribution in [2.45, 2.75) is 31.3 Å². The van der Waals surface area contributed by atoms with Crippen LogP contribution in [0.5, 0.6) is 0 Å². The Hall–Kier alpha value is -2.77. The number of ether oxygens (including phenoxy) is 1. The van der Waals surface area contributed by atoms with Gasteiger partial charge in [0, 0.05) is 38.0 Å². The lowest BCUT2D eigenvalue weighted by Gasteiger charge is -2.38. The van der Waals surface area contributed by atoms with E-state index >= 15 is 0 Å². The van der Waals surface area contributed by atoms with Gasteiger partial charge in [0.05, 0.1) is 6.54 Å². The van der Waals surface area contributed by atoms with Gasteiger partial charge in [-0.1, -0.05) is 24.3 Å². The van der Waals surface area contributed by atoms with E-state index in [-0.39, 0.29) is 25.6 Å². The molecule has 1 aliphatic heterocycles. The standard InChI is InChI=1S/C20H22F2N4O2/c21-20(22)13-26(9-7-16(20)12-23-18-6-3-8-24-25-18)19(27)28-17-10-14-4-1-2-5-15(14)11-17/h1-6,8,16-17H,7,9-13H2,(H,23,25). The quantitative estimate of drug-likeness (QED) is 0.872. The second kappa shape index (κ2) is 7.69. The molecule has 2 aliphatic rings. The van der Waals surface area contributed by atoms with Gasteiger partial charge in [0.1, 0.15) is 11.9 Å². The smallest absolute Gasteiger partial charge is 0.410 e.